The standard InChI is InChI=1S/C11H8ClNO3/c12-5-8-4-10(16-13-8)7-1-2-9-11(3-7)15-6-14-9/h1-4H,5-6H2. The van der Waals surface area contributed by atoms with E-state index in [1.165, 1.54) is 0 Å². The quantitative estimate of drug-likeness (QED) is 0.754. The topological polar surface area (TPSA) is 44.5 Å². The molecule has 0 saturated heterocycles. The molecule has 0 saturated carbocycles. The average Bonchev–Trinajstić information content (AvgIpc) is 2.96. The van der Waals surface area contributed by atoms with E-state index in [1.807, 2.05) is 24.3 Å². The fraction of sp³-hybridized carbons (Fsp3) is 0.182. The van der Waals surface area contributed by atoms with E-state index >= 15 is 0 Å². The minimum atomic E-state index is 0.266. The third-order valence-electron chi connectivity index (χ3n) is 2.35. The van der Waals surface area contributed by atoms with Crippen LogP contribution in [0.3, 0.4) is 0 Å². The largest absolute Gasteiger partial charge is 0.454 e. The van der Waals surface area contributed by atoms with Crippen molar-refractivity contribution in [3.8, 4) is 22.8 Å². The van der Waals surface area contributed by atoms with Crippen molar-refractivity contribution in [3.63, 3.8) is 0 Å². The zero-order chi connectivity index (χ0) is 11.0. The molecular formula is C11H8ClNO3. The Morgan fingerprint density at radius 1 is 1.19 bits per heavy atom. The van der Waals surface area contributed by atoms with Gasteiger partial charge in [0, 0.05) is 11.6 Å². The van der Waals surface area contributed by atoms with Gasteiger partial charge in [0.2, 0.25) is 6.79 Å². The molecule has 5 heteroatoms. The van der Waals surface area contributed by atoms with Crippen LogP contribution in [0, 0.1) is 0 Å². The molecule has 0 unspecified atom stereocenters. The van der Waals surface area contributed by atoms with Crippen LogP contribution in [0.15, 0.2) is 28.8 Å². The van der Waals surface area contributed by atoms with Crippen molar-refractivity contribution in [2.45, 2.75) is 5.88 Å². The first-order valence-electron chi connectivity index (χ1n) is 4.78. The minimum Gasteiger partial charge on any atom is -0.454 e. The van der Waals surface area contributed by atoms with E-state index < -0.39 is 0 Å². The van der Waals surface area contributed by atoms with Crippen LogP contribution in [-0.4, -0.2) is 11.9 Å². The number of ether oxygens (including phenoxy) is 2. The number of benzene rings is 1. The van der Waals surface area contributed by atoms with Crippen LogP contribution in [0.4, 0.5) is 0 Å². The molecule has 16 heavy (non-hydrogen) atoms. The van der Waals surface area contributed by atoms with E-state index in [-0.39, 0.29) is 6.79 Å². The first-order valence-corrected chi connectivity index (χ1v) is 5.32. The summed E-state index contributed by atoms with van der Waals surface area (Å²) in [4.78, 5) is 0. The zero-order valence-electron chi connectivity index (χ0n) is 8.27. The summed E-state index contributed by atoms with van der Waals surface area (Å²) in [7, 11) is 0. The van der Waals surface area contributed by atoms with Gasteiger partial charge in [0.15, 0.2) is 17.3 Å². The van der Waals surface area contributed by atoms with Crippen molar-refractivity contribution in [1.29, 1.82) is 0 Å². The predicted molar refractivity (Wildman–Crippen MR) is 57.6 cm³/mol. The predicted octanol–water partition coefficient (Wildman–Crippen LogP) is 2.81. The lowest BCUT2D eigenvalue weighted by Gasteiger charge is -1.98. The maximum Gasteiger partial charge on any atom is 0.231 e. The van der Waals surface area contributed by atoms with Crippen molar-refractivity contribution in [2.75, 3.05) is 6.79 Å². The Morgan fingerprint density at radius 2 is 2.06 bits per heavy atom. The molecule has 0 amide bonds. The lowest BCUT2D eigenvalue weighted by atomic mass is 10.1. The number of hydrogen-bond donors (Lipinski definition) is 0. The van der Waals surface area contributed by atoms with Gasteiger partial charge in [0.05, 0.1) is 11.6 Å². The van der Waals surface area contributed by atoms with Crippen molar-refractivity contribution < 1.29 is 14.0 Å². The Bertz CT molecular complexity index is 524. The number of nitrogens with zero attached hydrogens (tertiary/aromatic N) is 1. The molecule has 0 N–H and O–H groups in total. The van der Waals surface area contributed by atoms with Crippen molar-refractivity contribution >= 4 is 11.6 Å². The normalized spacial score (nSPS) is 13.1. The van der Waals surface area contributed by atoms with Crippen LogP contribution in [0.25, 0.3) is 11.3 Å². The molecule has 2 heterocycles. The Hall–Kier alpha value is -1.68. The van der Waals surface area contributed by atoms with Crippen LogP contribution in [0.2, 0.25) is 0 Å². The van der Waals surface area contributed by atoms with Gasteiger partial charge >= 0.3 is 0 Å². The molecule has 4 nitrogen and oxygen atoms in total. The summed E-state index contributed by atoms with van der Waals surface area (Å²) in [5.41, 5.74) is 1.61. The summed E-state index contributed by atoms with van der Waals surface area (Å²) in [5, 5.41) is 3.83. The highest BCUT2D eigenvalue weighted by Crippen LogP contribution is 2.35. The summed E-state index contributed by atoms with van der Waals surface area (Å²) in [6.45, 7) is 0.266. The molecule has 0 radical (unpaired) electrons. The number of alkyl halides is 1. The molecule has 1 aromatic carbocycles. The van der Waals surface area contributed by atoms with Gasteiger partial charge < -0.3 is 14.0 Å². The fourth-order valence-electron chi connectivity index (χ4n) is 1.56. The third kappa shape index (κ3) is 1.51. The molecule has 0 fully saturated rings. The number of fused-ring (bicyclic) bond motifs is 1. The van der Waals surface area contributed by atoms with E-state index in [1.54, 1.807) is 0 Å². The van der Waals surface area contributed by atoms with Crippen LogP contribution in [-0.2, 0) is 5.88 Å². The highest BCUT2D eigenvalue weighted by molar-refractivity contribution is 6.16. The minimum absolute atomic E-state index is 0.266. The first kappa shape index (κ1) is 9.54. The smallest absolute Gasteiger partial charge is 0.231 e. The number of halogens is 1. The molecule has 1 aromatic heterocycles. The fourth-order valence-corrected chi connectivity index (χ4v) is 1.69. The third-order valence-corrected chi connectivity index (χ3v) is 2.63. The number of hydrogen-bond acceptors (Lipinski definition) is 4. The summed E-state index contributed by atoms with van der Waals surface area (Å²) in [6, 6.07) is 7.41. The zero-order valence-corrected chi connectivity index (χ0v) is 9.03. The summed E-state index contributed by atoms with van der Waals surface area (Å²) in [6.07, 6.45) is 0. The van der Waals surface area contributed by atoms with E-state index in [2.05, 4.69) is 5.16 Å². The SMILES string of the molecule is ClCc1cc(-c2ccc3c(c2)OCO3)on1. The maximum absolute atomic E-state index is 5.65. The number of rotatable bonds is 2. The van der Waals surface area contributed by atoms with Crippen LogP contribution >= 0.6 is 11.6 Å². The van der Waals surface area contributed by atoms with E-state index in [0.29, 0.717) is 17.3 Å². The van der Waals surface area contributed by atoms with Gasteiger partial charge in [0.25, 0.3) is 0 Å². The molecule has 0 bridgehead atoms. The Labute approximate surface area is 96.7 Å². The summed E-state index contributed by atoms with van der Waals surface area (Å²) >= 11 is 5.65. The van der Waals surface area contributed by atoms with Gasteiger partial charge in [-0.3, -0.25) is 0 Å². The number of aromatic nitrogens is 1. The van der Waals surface area contributed by atoms with Gasteiger partial charge in [-0.05, 0) is 18.2 Å². The van der Waals surface area contributed by atoms with Gasteiger partial charge in [-0.1, -0.05) is 5.16 Å². The first-order chi connectivity index (χ1) is 7.86. The van der Waals surface area contributed by atoms with Gasteiger partial charge in [0.1, 0.15) is 0 Å². The van der Waals surface area contributed by atoms with Crippen molar-refractivity contribution in [2.24, 2.45) is 0 Å². The maximum atomic E-state index is 5.65. The molecule has 0 spiro atoms. The second-order valence-electron chi connectivity index (χ2n) is 3.38. The van der Waals surface area contributed by atoms with Gasteiger partial charge in [-0.2, -0.15) is 0 Å². The second kappa shape index (κ2) is 3.72. The molecule has 0 aliphatic carbocycles. The van der Waals surface area contributed by atoms with Crippen molar-refractivity contribution in [1.82, 2.24) is 5.16 Å². The highest BCUT2D eigenvalue weighted by Gasteiger charge is 2.15. The molecule has 0 atom stereocenters. The van der Waals surface area contributed by atoms with Gasteiger partial charge in [-0.15, -0.1) is 11.6 Å². The Balaban J connectivity index is 2.00. The van der Waals surface area contributed by atoms with Crippen LogP contribution in [0.1, 0.15) is 5.69 Å². The molecule has 1 aliphatic heterocycles. The lowest BCUT2D eigenvalue weighted by molar-refractivity contribution is 0.174. The molecule has 2 aromatic rings. The van der Waals surface area contributed by atoms with Crippen molar-refractivity contribution in [3.05, 3.63) is 30.0 Å². The molecular weight excluding hydrogens is 230 g/mol. The molecule has 3 rings (SSSR count). The Morgan fingerprint density at radius 3 is 2.88 bits per heavy atom. The van der Waals surface area contributed by atoms with E-state index in [0.717, 1.165) is 17.1 Å². The monoisotopic (exact) mass is 237 g/mol. The molecule has 1 aliphatic rings. The second-order valence-corrected chi connectivity index (χ2v) is 3.65. The average molecular weight is 238 g/mol. The highest BCUT2D eigenvalue weighted by atomic mass is 35.5. The van der Waals surface area contributed by atoms with E-state index in [9.17, 15) is 0 Å². The Kier molecular flexibility index (Phi) is 2.22. The van der Waals surface area contributed by atoms with Crippen LogP contribution < -0.4 is 9.47 Å². The molecule has 82 valence electrons. The van der Waals surface area contributed by atoms with Crippen LogP contribution in [0.5, 0.6) is 11.5 Å². The summed E-state index contributed by atoms with van der Waals surface area (Å²) in [5.74, 6) is 2.49. The van der Waals surface area contributed by atoms with E-state index in [4.69, 9.17) is 25.6 Å². The lowest BCUT2D eigenvalue weighted by Crippen LogP contribution is -1.92. The summed E-state index contributed by atoms with van der Waals surface area (Å²) < 4.78 is 15.7. The van der Waals surface area contributed by atoms with Gasteiger partial charge in [-0.25, -0.2) is 0 Å².